The molecule has 0 aromatic carbocycles. The van der Waals surface area contributed by atoms with Crippen molar-refractivity contribution in [3.63, 3.8) is 0 Å². The highest BCUT2D eigenvalue weighted by molar-refractivity contribution is 5.96. The summed E-state index contributed by atoms with van der Waals surface area (Å²) in [6.45, 7) is 11.5. The molecular formula is C23H34O. The summed E-state index contributed by atoms with van der Waals surface area (Å²) in [4.78, 5) is 11.4. The van der Waals surface area contributed by atoms with E-state index in [0.29, 0.717) is 12.0 Å². The first kappa shape index (κ1) is 24.2. The van der Waals surface area contributed by atoms with E-state index in [9.17, 15) is 4.79 Å². The fraction of sp³-hybridized carbons (Fsp3) is 0.435. The van der Waals surface area contributed by atoms with E-state index < -0.39 is 0 Å². The van der Waals surface area contributed by atoms with Crippen LogP contribution in [0.1, 0.15) is 66.2 Å². The predicted octanol–water partition coefficient (Wildman–Crippen LogP) is 6.75. The number of Topliss-reactive ketones (excluding diaryl/α,β-unsaturated/α-hetero) is 1. The predicted molar refractivity (Wildman–Crippen MR) is 109 cm³/mol. The van der Waals surface area contributed by atoms with E-state index in [2.05, 4.69) is 43.7 Å². The molecule has 0 spiro atoms. The third-order valence-corrected chi connectivity index (χ3v) is 3.09. The van der Waals surface area contributed by atoms with Crippen molar-refractivity contribution in [1.82, 2.24) is 0 Å². The first-order valence-corrected chi connectivity index (χ1v) is 8.93. The lowest BCUT2D eigenvalue weighted by molar-refractivity contribution is -0.113. The van der Waals surface area contributed by atoms with Crippen LogP contribution in [-0.4, -0.2) is 5.78 Å². The van der Waals surface area contributed by atoms with Gasteiger partial charge in [0.25, 0.3) is 0 Å². The topological polar surface area (TPSA) is 17.1 Å². The molecule has 0 atom stereocenters. The van der Waals surface area contributed by atoms with E-state index >= 15 is 0 Å². The molecule has 0 fully saturated rings. The number of terminal acetylenes is 1. The molecule has 0 saturated carbocycles. The van der Waals surface area contributed by atoms with Crippen molar-refractivity contribution in [3.8, 4) is 12.3 Å². The summed E-state index contributed by atoms with van der Waals surface area (Å²) in [5.74, 6) is 2.58. The van der Waals surface area contributed by atoms with E-state index in [1.54, 1.807) is 13.0 Å². The van der Waals surface area contributed by atoms with Crippen LogP contribution in [0.15, 0.2) is 60.3 Å². The van der Waals surface area contributed by atoms with E-state index in [-0.39, 0.29) is 5.78 Å². The van der Waals surface area contributed by atoms with Crippen LogP contribution in [0.3, 0.4) is 0 Å². The van der Waals surface area contributed by atoms with Crippen molar-refractivity contribution in [2.75, 3.05) is 0 Å². The summed E-state index contributed by atoms with van der Waals surface area (Å²) in [6.07, 6.45) is 25.0. The second-order valence-electron chi connectivity index (χ2n) is 5.03. The smallest absolute Gasteiger partial charge is 0.159 e. The molecule has 0 aliphatic carbocycles. The molecule has 0 unspecified atom stereocenters. The molecule has 24 heavy (non-hydrogen) atoms. The maximum absolute atomic E-state index is 11.4. The summed E-state index contributed by atoms with van der Waals surface area (Å²) in [6, 6.07) is 0. The highest BCUT2D eigenvalue weighted by atomic mass is 16.1. The van der Waals surface area contributed by atoms with Gasteiger partial charge in [0.2, 0.25) is 0 Å². The number of rotatable bonds is 11. The van der Waals surface area contributed by atoms with Crippen LogP contribution in [0.2, 0.25) is 0 Å². The van der Waals surface area contributed by atoms with Gasteiger partial charge < -0.3 is 0 Å². The Morgan fingerprint density at radius 2 is 1.88 bits per heavy atom. The van der Waals surface area contributed by atoms with Crippen LogP contribution < -0.4 is 0 Å². The highest BCUT2D eigenvalue weighted by Gasteiger charge is 1.98. The molecule has 0 aliphatic rings. The number of hydrogen-bond acceptors (Lipinski definition) is 1. The fourth-order valence-electron chi connectivity index (χ4n) is 1.89. The molecule has 0 aliphatic heterocycles. The molecule has 1 nitrogen and oxygen atoms in total. The van der Waals surface area contributed by atoms with Crippen molar-refractivity contribution < 1.29 is 4.79 Å². The largest absolute Gasteiger partial charge is 0.295 e. The Hall–Kier alpha value is -2.07. The lowest BCUT2D eigenvalue weighted by Crippen LogP contribution is -1.92. The Labute approximate surface area is 149 Å². The lowest BCUT2D eigenvalue weighted by Gasteiger charge is -2.01. The Kier molecular flexibility index (Phi) is 19.1. The molecule has 1 heteroatoms. The Bertz CT molecular complexity index is 493. The molecular weight excluding hydrogens is 292 g/mol. The van der Waals surface area contributed by atoms with Gasteiger partial charge in [0.05, 0.1) is 0 Å². The maximum Gasteiger partial charge on any atom is 0.159 e. The molecule has 0 aromatic heterocycles. The van der Waals surface area contributed by atoms with E-state index in [0.717, 1.165) is 32.1 Å². The average molecular weight is 327 g/mol. The van der Waals surface area contributed by atoms with Crippen molar-refractivity contribution >= 4 is 5.78 Å². The van der Waals surface area contributed by atoms with Gasteiger partial charge in [0.15, 0.2) is 5.78 Å². The minimum Gasteiger partial charge on any atom is -0.295 e. The molecule has 0 radical (unpaired) electrons. The molecule has 0 aromatic rings. The number of ketones is 1. The van der Waals surface area contributed by atoms with Crippen LogP contribution in [0.5, 0.6) is 0 Å². The van der Waals surface area contributed by atoms with Gasteiger partial charge in [0, 0.05) is 12.0 Å². The van der Waals surface area contributed by atoms with Crippen LogP contribution in [0.4, 0.5) is 0 Å². The highest BCUT2D eigenvalue weighted by Crippen LogP contribution is 2.12. The first-order valence-electron chi connectivity index (χ1n) is 8.93. The lowest BCUT2D eigenvalue weighted by atomic mass is 10.0. The van der Waals surface area contributed by atoms with Crippen molar-refractivity contribution in [1.29, 1.82) is 0 Å². The molecule has 0 amide bonds. The molecule has 0 heterocycles. The molecule has 132 valence electrons. The van der Waals surface area contributed by atoms with Gasteiger partial charge >= 0.3 is 0 Å². The van der Waals surface area contributed by atoms with Gasteiger partial charge in [0.1, 0.15) is 0 Å². The van der Waals surface area contributed by atoms with Crippen LogP contribution in [-0.2, 0) is 4.79 Å². The number of allylic oxidation sites excluding steroid dienone is 9. The number of hydrogen-bond donors (Lipinski definition) is 0. The number of unbranched alkanes of at least 4 members (excludes halogenated alkanes) is 1. The standard InChI is InChI=1S/C21H28O.C2H6/c1-5-8-14-20(15-9-6-2)16-12-11-13-18-21(19(4)22)17-10-7-3;1-2/h3,5,9,13-15,17-18H,1,6,8,10-12,16H2,2,4H3;1-2H3/b15-9-,18-13-,20-14+,21-17+;. The van der Waals surface area contributed by atoms with Gasteiger partial charge in [-0.25, -0.2) is 0 Å². The SMILES string of the molecule is C#CC/C=C(\C=C/CCCC(/C=C\CC)=C/CC=C)C(C)=O.CC. The summed E-state index contributed by atoms with van der Waals surface area (Å²) in [7, 11) is 0. The zero-order chi connectivity index (χ0) is 18.6. The minimum atomic E-state index is 0.0592. The van der Waals surface area contributed by atoms with Crippen LogP contribution >= 0.6 is 0 Å². The van der Waals surface area contributed by atoms with E-state index in [1.165, 1.54) is 5.57 Å². The second kappa shape index (κ2) is 19.0. The molecule has 0 bridgehead atoms. The van der Waals surface area contributed by atoms with E-state index in [4.69, 9.17) is 6.42 Å². The zero-order valence-electron chi connectivity index (χ0n) is 16.0. The molecule has 0 saturated heterocycles. The summed E-state index contributed by atoms with van der Waals surface area (Å²) in [5.41, 5.74) is 2.05. The van der Waals surface area contributed by atoms with Gasteiger partial charge in [-0.2, -0.15) is 0 Å². The quantitative estimate of drug-likeness (QED) is 0.135. The monoisotopic (exact) mass is 326 g/mol. The Balaban J connectivity index is 0. The van der Waals surface area contributed by atoms with Crippen molar-refractivity contribution in [2.24, 2.45) is 0 Å². The summed E-state index contributed by atoms with van der Waals surface area (Å²) >= 11 is 0. The zero-order valence-corrected chi connectivity index (χ0v) is 16.0. The third kappa shape index (κ3) is 14.9. The van der Waals surface area contributed by atoms with Crippen molar-refractivity contribution in [3.05, 3.63) is 60.3 Å². The summed E-state index contributed by atoms with van der Waals surface area (Å²) < 4.78 is 0. The molecule has 0 rings (SSSR count). The molecule has 0 N–H and O–H groups in total. The van der Waals surface area contributed by atoms with Gasteiger partial charge in [-0.1, -0.05) is 68.9 Å². The number of carbonyl (C=O) groups is 1. The minimum absolute atomic E-state index is 0.0592. The Morgan fingerprint density at radius 1 is 1.17 bits per heavy atom. The maximum atomic E-state index is 11.4. The van der Waals surface area contributed by atoms with Gasteiger partial charge in [-0.05, 0) is 39.0 Å². The van der Waals surface area contributed by atoms with Gasteiger partial charge in [-0.15, -0.1) is 18.9 Å². The van der Waals surface area contributed by atoms with E-state index in [1.807, 2.05) is 26.0 Å². The summed E-state index contributed by atoms with van der Waals surface area (Å²) in [5, 5.41) is 0. The van der Waals surface area contributed by atoms with Crippen LogP contribution in [0, 0.1) is 12.3 Å². The Morgan fingerprint density at radius 3 is 2.42 bits per heavy atom. The second-order valence-corrected chi connectivity index (χ2v) is 5.03. The normalized spacial score (nSPS) is 12.0. The van der Waals surface area contributed by atoms with Crippen LogP contribution in [0.25, 0.3) is 0 Å². The van der Waals surface area contributed by atoms with Gasteiger partial charge in [-0.3, -0.25) is 4.79 Å². The third-order valence-electron chi connectivity index (χ3n) is 3.09. The van der Waals surface area contributed by atoms with Crippen molar-refractivity contribution in [2.45, 2.75) is 66.2 Å². The average Bonchev–Trinajstić information content (AvgIpc) is 2.60. The number of carbonyl (C=O) groups excluding carboxylic acids is 1. The first-order chi connectivity index (χ1) is 11.7. The fourth-order valence-corrected chi connectivity index (χ4v) is 1.89.